The fourth-order valence-electron chi connectivity index (χ4n) is 2.92. The van der Waals surface area contributed by atoms with Crippen LogP contribution in [0.1, 0.15) is 37.8 Å². The van der Waals surface area contributed by atoms with Crippen LogP contribution in [-0.2, 0) is 5.54 Å². The fourth-order valence-corrected chi connectivity index (χ4v) is 2.92. The highest BCUT2D eigenvalue weighted by Crippen LogP contribution is 2.40. The molecule has 1 aliphatic heterocycles. The van der Waals surface area contributed by atoms with Gasteiger partial charge in [-0.1, -0.05) is 19.3 Å². The van der Waals surface area contributed by atoms with E-state index in [2.05, 4.69) is 28.1 Å². The molecule has 1 aromatic rings. The summed E-state index contributed by atoms with van der Waals surface area (Å²) in [6, 6.07) is 2.16. The van der Waals surface area contributed by atoms with Crippen molar-refractivity contribution in [2.45, 2.75) is 44.6 Å². The first kappa shape index (κ1) is 8.33. The second kappa shape index (κ2) is 2.75. The number of anilines is 1. The minimum atomic E-state index is 0.321. The molecule has 2 heterocycles. The van der Waals surface area contributed by atoms with E-state index in [9.17, 15) is 0 Å². The molecule has 1 aliphatic carbocycles. The summed E-state index contributed by atoms with van der Waals surface area (Å²) in [5, 5.41) is 8.10. The molecular weight excluding hydrogens is 174 g/mol. The Morgan fingerprint density at radius 3 is 2.93 bits per heavy atom. The lowest BCUT2D eigenvalue weighted by Gasteiger charge is -2.33. The topological polar surface area (TPSA) is 29.9 Å². The van der Waals surface area contributed by atoms with Crippen LogP contribution in [-0.4, -0.2) is 16.3 Å². The summed E-state index contributed by atoms with van der Waals surface area (Å²) < 4.78 is 2.25. The number of aryl methyl sites for hydroxylation is 1. The van der Waals surface area contributed by atoms with Gasteiger partial charge in [0.15, 0.2) is 0 Å². The smallest absolute Gasteiger partial charge is 0.125 e. The normalized spacial score (nSPS) is 23.5. The Morgan fingerprint density at radius 2 is 2.14 bits per heavy atom. The number of rotatable bonds is 0. The van der Waals surface area contributed by atoms with Gasteiger partial charge in [-0.25, -0.2) is 4.68 Å². The summed E-state index contributed by atoms with van der Waals surface area (Å²) in [6.07, 6.45) is 6.72. The maximum atomic E-state index is 4.62. The molecule has 3 rings (SSSR count). The SMILES string of the molecule is Cc1cc2n(n1)C1(CCCCC1)CN2. The molecule has 0 saturated heterocycles. The number of fused-ring (bicyclic) bond motifs is 2. The van der Waals surface area contributed by atoms with Crippen LogP contribution in [0.3, 0.4) is 0 Å². The van der Waals surface area contributed by atoms with Crippen LogP contribution in [0.4, 0.5) is 5.82 Å². The van der Waals surface area contributed by atoms with Gasteiger partial charge in [0.1, 0.15) is 5.82 Å². The van der Waals surface area contributed by atoms with E-state index in [0.717, 1.165) is 12.2 Å². The van der Waals surface area contributed by atoms with Crippen molar-refractivity contribution in [1.29, 1.82) is 0 Å². The average Bonchev–Trinajstić information content (AvgIpc) is 2.70. The van der Waals surface area contributed by atoms with E-state index in [1.54, 1.807) is 0 Å². The molecule has 1 aromatic heterocycles. The van der Waals surface area contributed by atoms with E-state index in [-0.39, 0.29) is 0 Å². The summed E-state index contributed by atoms with van der Waals surface area (Å²) in [5.74, 6) is 1.23. The van der Waals surface area contributed by atoms with Crippen molar-refractivity contribution >= 4 is 5.82 Å². The lowest BCUT2D eigenvalue weighted by atomic mass is 9.82. The van der Waals surface area contributed by atoms with Gasteiger partial charge in [-0.05, 0) is 19.8 Å². The lowest BCUT2D eigenvalue weighted by molar-refractivity contribution is 0.208. The molecule has 0 unspecified atom stereocenters. The van der Waals surface area contributed by atoms with Crippen LogP contribution in [0.15, 0.2) is 6.07 Å². The Bertz CT molecular complexity index is 347. The van der Waals surface area contributed by atoms with Crippen LogP contribution in [0.2, 0.25) is 0 Å². The molecule has 0 aromatic carbocycles. The summed E-state index contributed by atoms with van der Waals surface area (Å²) in [5.41, 5.74) is 1.46. The molecule has 1 fully saturated rings. The monoisotopic (exact) mass is 191 g/mol. The molecule has 14 heavy (non-hydrogen) atoms. The largest absolute Gasteiger partial charge is 0.368 e. The van der Waals surface area contributed by atoms with Crippen molar-refractivity contribution in [3.63, 3.8) is 0 Å². The minimum absolute atomic E-state index is 0.321. The van der Waals surface area contributed by atoms with Gasteiger partial charge >= 0.3 is 0 Å². The van der Waals surface area contributed by atoms with Gasteiger partial charge in [0.2, 0.25) is 0 Å². The standard InChI is InChI=1S/C11H17N3/c1-9-7-10-12-8-11(14(10)13-9)5-3-2-4-6-11/h7,12H,2-6,8H2,1H3. The van der Waals surface area contributed by atoms with E-state index >= 15 is 0 Å². The van der Waals surface area contributed by atoms with E-state index in [4.69, 9.17) is 0 Å². The van der Waals surface area contributed by atoms with E-state index in [0.29, 0.717) is 5.54 Å². The quantitative estimate of drug-likeness (QED) is 0.681. The summed E-state index contributed by atoms with van der Waals surface area (Å²) in [6.45, 7) is 3.17. The van der Waals surface area contributed by atoms with Gasteiger partial charge in [-0.3, -0.25) is 0 Å². The van der Waals surface area contributed by atoms with Crippen LogP contribution in [0.5, 0.6) is 0 Å². The molecule has 3 nitrogen and oxygen atoms in total. The molecule has 1 spiro atoms. The third kappa shape index (κ3) is 1.01. The number of nitrogens with one attached hydrogen (secondary N) is 1. The molecular formula is C11H17N3. The van der Waals surface area contributed by atoms with Gasteiger partial charge in [-0.2, -0.15) is 5.10 Å². The predicted octanol–water partition coefficient (Wildman–Crippen LogP) is 2.28. The Hall–Kier alpha value is -0.990. The van der Waals surface area contributed by atoms with Crippen molar-refractivity contribution < 1.29 is 0 Å². The maximum absolute atomic E-state index is 4.62. The Kier molecular flexibility index (Phi) is 1.64. The van der Waals surface area contributed by atoms with Crippen LogP contribution < -0.4 is 5.32 Å². The van der Waals surface area contributed by atoms with Crippen LogP contribution >= 0.6 is 0 Å². The lowest BCUT2D eigenvalue weighted by Crippen LogP contribution is -2.37. The summed E-state index contributed by atoms with van der Waals surface area (Å²) in [7, 11) is 0. The zero-order chi connectivity index (χ0) is 9.60. The fraction of sp³-hybridized carbons (Fsp3) is 0.727. The molecule has 76 valence electrons. The Labute approximate surface area is 84.5 Å². The van der Waals surface area contributed by atoms with E-state index in [1.165, 1.54) is 37.9 Å². The highest BCUT2D eigenvalue weighted by atomic mass is 15.4. The van der Waals surface area contributed by atoms with Gasteiger partial charge in [0, 0.05) is 12.6 Å². The molecule has 0 atom stereocenters. The van der Waals surface area contributed by atoms with Crippen molar-refractivity contribution in [2.75, 3.05) is 11.9 Å². The second-order valence-electron chi connectivity index (χ2n) is 4.72. The number of hydrogen-bond donors (Lipinski definition) is 1. The number of aromatic nitrogens is 2. The molecule has 2 aliphatic rings. The van der Waals surface area contributed by atoms with Gasteiger partial charge < -0.3 is 5.32 Å². The zero-order valence-corrected chi connectivity index (χ0v) is 8.71. The molecule has 1 N–H and O–H groups in total. The third-order valence-electron chi connectivity index (χ3n) is 3.66. The van der Waals surface area contributed by atoms with Crippen molar-refractivity contribution in [1.82, 2.24) is 9.78 Å². The van der Waals surface area contributed by atoms with Gasteiger partial charge in [-0.15, -0.1) is 0 Å². The third-order valence-corrected chi connectivity index (χ3v) is 3.66. The molecule has 0 amide bonds. The number of hydrogen-bond acceptors (Lipinski definition) is 2. The predicted molar refractivity (Wildman–Crippen MR) is 56.5 cm³/mol. The van der Waals surface area contributed by atoms with Crippen molar-refractivity contribution in [3.8, 4) is 0 Å². The number of nitrogens with zero attached hydrogens (tertiary/aromatic N) is 2. The highest BCUT2D eigenvalue weighted by Gasteiger charge is 2.40. The minimum Gasteiger partial charge on any atom is -0.368 e. The molecule has 3 heteroatoms. The van der Waals surface area contributed by atoms with Gasteiger partial charge in [0.25, 0.3) is 0 Å². The van der Waals surface area contributed by atoms with Crippen LogP contribution in [0, 0.1) is 6.92 Å². The zero-order valence-electron chi connectivity index (χ0n) is 8.71. The van der Waals surface area contributed by atoms with E-state index in [1.807, 2.05) is 0 Å². The van der Waals surface area contributed by atoms with Crippen molar-refractivity contribution in [3.05, 3.63) is 11.8 Å². The summed E-state index contributed by atoms with van der Waals surface area (Å²) >= 11 is 0. The van der Waals surface area contributed by atoms with Crippen LogP contribution in [0.25, 0.3) is 0 Å². The average molecular weight is 191 g/mol. The van der Waals surface area contributed by atoms with Gasteiger partial charge in [0.05, 0.1) is 11.2 Å². The molecule has 0 radical (unpaired) electrons. The summed E-state index contributed by atoms with van der Waals surface area (Å²) in [4.78, 5) is 0. The van der Waals surface area contributed by atoms with Crippen molar-refractivity contribution in [2.24, 2.45) is 0 Å². The first-order valence-electron chi connectivity index (χ1n) is 5.61. The Balaban J connectivity index is 2.01. The molecule has 1 saturated carbocycles. The van der Waals surface area contributed by atoms with E-state index < -0.39 is 0 Å². The maximum Gasteiger partial charge on any atom is 0.125 e. The Morgan fingerprint density at radius 1 is 1.36 bits per heavy atom. The first-order valence-corrected chi connectivity index (χ1v) is 5.61. The highest BCUT2D eigenvalue weighted by molar-refractivity contribution is 5.43. The second-order valence-corrected chi connectivity index (χ2v) is 4.72. The first-order chi connectivity index (χ1) is 6.80. The molecule has 0 bridgehead atoms.